The molecule has 0 saturated heterocycles. The van der Waals surface area contributed by atoms with E-state index in [1.165, 1.54) is 0 Å². The van der Waals surface area contributed by atoms with Crippen LogP contribution in [0.25, 0.3) is 0 Å². The second kappa shape index (κ2) is 8.83. The molecule has 1 rings (SSSR count). The largest absolute Gasteiger partial charge is 0.488 e. The topological polar surface area (TPSA) is 98.0 Å². The van der Waals surface area contributed by atoms with Crippen LogP contribution in [0.15, 0.2) is 41.5 Å². The zero-order chi connectivity index (χ0) is 21.0. The van der Waals surface area contributed by atoms with E-state index in [0.717, 1.165) is 32.0 Å². The van der Waals surface area contributed by atoms with Crippen molar-refractivity contribution in [2.45, 2.75) is 32.0 Å². The molecule has 0 bridgehead atoms. The summed E-state index contributed by atoms with van der Waals surface area (Å²) in [6.45, 7) is 2.06. The van der Waals surface area contributed by atoms with Gasteiger partial charge in [-0.25, -0.2) is 4.39 Å². The first-order chi connectivity index (χ1) is 12.3. The molecule has 11 heteroatoms. The number of allylic oxidation sites excluding steroid dienone is 4. The van der Waals surface area contributed by atoms with Crippen molar-refractivity contribution in [3.63, 3.8) is 0 Å². The van der Waals surface area contributed by atoms with Gasteiger partial charge in [-0.15, -0.1) is 0 Å². The number of halogens is 4. The van der Waals surface area contributed by atoms with Gasteiger partial charge < -0.3 is 20.1 Å². The summed E-state index contributed by atoms with van der Waals surface area (Å²) in [6, 6.07) is 3.23. The highest BCUT2D eigenvalue weighted by Gasteiger charge is 2.35. The van der Waals surface area contributed by atoms with Crippen LogP contribution < -0.4 is 5.46 Å². The molecule has 0 heterocycles. The monoisotopic (exact) mass is 388 g/mol. The van der Waals surface area contributed by atoms with E-state index < -0.39 is 38.0 Å². The highest BCUT2D eigenvalue weighted by atomic mass is 19.4. The predicted octanol–water partition coefficient (Wildman–Crippen LogP) is 1.27. The highest BCUT2D eigenvalue weighted by Crippen LogP contribution is 2.36. The fourth-order valence-electron chi connectivity index (χ4n) is 2.25. The van der Waals surface area contributed by atoms with Gasteiger partial charge in [0.25, 0.3) is 0 Å². The quantitative estimate of drug-likeness (QED) is 0.244. The van der Waals surface area contributed by atoms with Crippen LogP contribution >= 0.6 is 0 Å². The Labute approximate surface area is 153 Å². The smallest absolute Gasteiger partial charge is 0.427 e. The SMILES string of the molecule is C/C(=C\C(=C/CB(O)O)C(F)(F)F)C(C)(F)c1cc(C=O)cc(B(O)O)c1. The number of benzene rings is 1. The maximum atomic E-state index is 15.3. The molecule has 0 fully saturated rings. The van der Waals surface area contributed by atoms with E-state index in [1.807, 2.05) is 0 Å². The van der Waals surface area contributed by atoms with Gasteiger partial charge in [0.05, 0.1) is 5.57 Å². The van der Waals surface area contributed by atoms with Crippen LogP contribution in [0.1, 0.15) is 29.8 Å². The third kappa shape index (κ3) is 6.31. The Morgan fingerprint density at radius 2 is 1.70 bits per heavy atom. The summed E-state index contributed by atoms with van der Waals surface area (Å²) in [5.41, 5.74) is -4.66. The number of alkyl halides is 4. The molecule has 0 aliphatic rings. The lowest BCUT2D eigenvalue weighted by Gasteiger charge is -2.24. The molecule has 5 nitrogen and oxygen atoms in total. The lowest BCUT2D eigenvalue weighted by atomic mass is 9.76. The van der Waals surface area contributed by atoms with Gasteiger partial charge in [-0.3, -0.25) is 4.79 Å². The fourth-order valence-corrected chi connectivity index (χ4v) is 2.25. The van der Waals surface area contributed by atoms with E-state index in [9.17, 15) is 28.0 Å². The lowest BCUT2D eigenvalue weighted by Crippen LogP contribution is -2.32. The van der Waals surface area contributed by atoms with Crippen LogP contribution in [-0.4, -0.2) is 46.8 Å². The zero-order valence-corrected chi connectivity index (χ0v) is 14.5. The minimum Gasteiger partial charge on any atom is -0.427 e. The molecule has 0 spiro atoms. The van der Waals surface area contributed by atoms with E-state index in [-0.39, 0.29) is 22.2 Å². The lowest BCUT2D eigenvalue weighted by molar-refractivity contribution is -0.0884. The Bertz CT molecular complexity index is 743. The Morgan fingerprint density at radius 1 is 1.11 bits per heavy atom. The van der Waals surface area contributed by atoms with Gasteiger partial charge in [0.2, 0.25) is 0 Å². The first-order valence-electron chi connectivity index (χ1n) is 7.77. The van der Waals surface area contributed by atoms with Crippen molar-refractivity contribution in [3.05, 3.63) is 52.6 Å². The highest BCUT2D eigenvalue weighted by molar-refractivity contribution is 6.58. The standard InChI is InChI=1S/C16H18B2F4O5/c1-10(5-12(16(20,21)22)3-4-17(24)25)15(2,19)13-6-11(9-23)7-14(8-13)18(26)27/h3,5-9,24-27H,4H2,1-2H3/b10-5+,12-3+. The molecule has 0 aromatic heterocycles. The van der Waals surface area contributed by atoms with Crippen molar-refractivity contribution in [3.8, 4) is 0 Å². The number of aldehydes is 1. The van der Waals surface area contributed by atoms with Crippen molar-refractivity contribution in [1.82, 2.24) is 0 Å². The van der Waals surface area contributed by atoms with E-state index in [1.54, 1.807) is 0 Å². The summed E-state index contributed by atoms with van der Waals surface area (Å²) >= 11 is 0. The Kier molecular flexibility index (Phi) is 7.56. The molecule has 4 N–H and O–H groups in total. The second-order valence-corrected chi connectivity index (χ2v) is 6.08. The number of hydrogen-bond acceptors (Lipinski definition) is 5. The maximum Gasteiger partial charge on any atom is 0.488 e. The third-order valence-corrected chi connectivity index (χ3v) is 3.94. The summed E-state index contributed by atoms with van der Waals surface area (Å²) in [4.78, 5) is 11.0. The van der Waals surface area contributed by atoms with Crippen LogP contribution in [0.2, 0.25) is 6.32 Å². The van der Waals surface area contributed by atoms with Gasteiger partial charge in [0.1, 0.15) is 6.29 Å². The maximum absolute atomic E-state index is 15.3. The second-order valence-electron chi connectivity index (χ2n) is 6.08. The zero-order valence-electron chi connectivity index (χ0n) is 14.5. The minimum absolute atomic E-state index is 0.0812. The van der Waals surface area contributed by atoms with Gasteiger partial charge >= 0.3 is 20.4 Å². The summed E-state index contributed by atoms with van der Waals surface area (Å²) in [6.07, 6.45) is -4.18. The van der Waals surface area contributed by atoms with E-state index in [0.29, 0.717) is 18.4 Å². The molecule has 1 aromatic carbocycles. The van der Waals surface area contributed by atoms with Crippen LogP contribution in [0.5, 0.6) is 0 Å². The van der Waals surface area contributed by atoms with Crippen LogP contribution in [0, 0.1) is 0 Å². The average molecular weight is 388 g/mol. The molecule has 146 valence electrons. The van der Waals surface area contributed by atoms with Gasteiger partial charge in [-0.2, -0.15) is 13.2 Å². The first kappa shape index (κ1) is 23.1. The number of rotatable bonds is 7. The van der Waals surface area contributed by atoms with Gasteiger partial charge in [0.15, 0.2) is 5.67 Å². The molecule has 0 amide bonds. The Balaban J connectivity index is 3.43. The van der Waals surface area contributed by atoms with Crippen LogP contribution in [0.3, 0.4) is 0 Å². The van der Waals surface area contributed by atoms with E-state index >= 15 is 4.39 Å². The molecule has 0 aliphatic heterocycles. The van der Waals surface area contributed by atoms with Crippen molar-refractivity contribution < 1.29 is 42.5 Å². The average Bonchev–Trinajstić information content (AvgIpc) is 2.56. The van der Waals surface area contributed by atoms with E-state index in [2.05, 4.69) is 0 Å². The van der Waals surface area contributed by atoms with Crippen LogP contribution in [0.4, 0.5) is 17.6 Å². The number of carbonyl (C=O) groups is 1. The van der Waals surface area contributed by atoms with Crippen molar-refractivity contribution in [2.24, 2.45) is 0 Å². The van der Waals surface area contributed by atoms with E-state index in [4.69, 9.17) is 10.0 Å². The van der Waals surface area contributed by atoms with Crippen molar-refractivity contribution >= 4 is 26.0 Å². The molecule has 27 heavy (non-hydrogen) atoms. The first-order valence-corrected chi connectivity index (χ1v) is 7.77. The van der Waals surface area contributed by atoms with Gasteiger partial charge in [-0.05, 0) is 42.6 Å². The van der Waals surface area contributed by atoms with Gasteiger partial charge in [0, 0.05) is 11.9 Å². The van der Waals surface area contributed by atoms with Crippen molar-refractivity contribution in [1.29, 1.82) is 0 Å². The fraction of sp³-hybridized carbons (Fsp3) is 0.312. The molecule has 1 aromatic rings. The Hall–Kier alpha value is -1.94. The molecule has 0 aliphatic carbocycles. The predicted molar refractivity (Wildman–Crippen MR) is 93.0 cm³/mol. The van der Waals surface area contributed by atoms with Crippen LogP contribution in [-0.2, 0) is 5.67 Å². The summed E-state index contributed by atoms with van der Waals surface area (Å²) in [5.74, 6) is 0. The molecule has 1 atom stereocenters. The molecule has 1 unspecified atom stereocenters. The minimum atomic E-state index is -4.86. The molecular weight excluding hydrogens is 370 g/mol. The number of hydrogen-bond donors (Lipinski definition) is 4. The summed E-state index contributed by atoms with van der Waals surface area (Å²) < 4.78 is 54.6. The normalized spacial score (nSPS) is 15.3. The van der Waals surface area contributed by atoms with Crippen molar-refractivity contribution in [2.75, 3.05) is 0 Å². The number of carbonyl (C=O) groups excluding carboxylic acids is 1. The third-order valence-electron chi connectivity index (χ3n) is 3.94. The summed E-state index contributed by atoms with van der Waals surface area (Å²) in [7, 11) is -3.99. The summed E-state index contributed by atoms with van der Waals surface area (Å²) in [5, 5.41) is 36.0. The Morgan fingerprint density at radius 3 is 2.15 bits per heavy atom. The van der Waals surface area contributed by atoms with Gasteiger partial charge in [-0.1, -0.05) is 18.2 Å². The molecular formula is C16H18B2F4O5. The molecule has 0 saturated carbocycles. The molecule has 0 radical (unpaired) electrons.